The van der Waals surface area contributed by atoms with Crippen molar-refractivity contribution in [2.45, 2.75) is 12.1 Å². The first-order chi connectivity index (χ1) is 22.0. The molecular weight excluding hydrogens is 564 g/mol. The number of ether oxygens (including phenoxy) is 1. The third-order valence-corrected chi connectivity index (χ3v) is 9.03. The SMILES string of the molecule is O=C(c1ccccc1)c1ccc(OC(=O)[C@H]2[C@@H]3C(=O)N(c4cccc5ccccc45)C(=O)[C@@H]3[C@H]3C=Cc4ccccc4N32)cc1. The molecule has 2 saturated heterocycles. The van der Waals surface area contributed by atoms with Crippen LogP contribution in [0.25, 0.3) is 16.8 Å². The quantitative estimate of drug-likeness (QED) is 0.107. The Labute approximate surface area is 259 Å². The number of rotatable bonds is 5. The van der Waals surface area contributed by atoms with Crippen LogP contribution >= 0.6 is 0 Å². The first-order valence-corrected chi connectivity index (χ1v) is 14.8. The number of nitrogens with zero attached hydrogens (tertiary/aromatic N) is 2. The van der Waals surface area contributed by atoms with Crippen molar-refractivity contribution >= 4 is 51.8 Å². The first kappa shape index (κ1) is 26.8. The highest BCUT2D eigenvalue weighted by atomic mass is 16.5. The number of amides is 2. The number of benzene rings is 5. The number of para-hydroxylation sites is 1. The van der Waals surface area contributed by atoms with Gasteiger partial charge in [-0.25, -0.2) is 9.69 Å². The molecule has 0 N–H and O–H groups in total. The summed E-state index contributed by atoms with van der Waals surface area (Å²) in [6.07, 6.45) is 3.86. The molecule has 4 atom stereocenters. The van der Waals surface area contributed by atoms with E-state index < -0.39 is 35.8 Å². The number of carbonyl (C=O) groups excluding carboxylic acids is 4. The van der Waals surface area contributed by atoms with Gasteiger partial charge in [-0.1, -0.05) is 97.1 Å². The lowest BCUT2D eigenvalue weighted by Gasteiger charge is -2.36. The maximum Gasteiger partial charge on any atom is 0.335 e. The third-order valence-electron chi connectivity index (χ3n) is 9.03. The van der Waals surface area contributed by atoms with E-state index in [9.17, 15) is 19.2 Å². The summed E-state index contributed by atoms with van der Waals surface area (Å²) in [7, 11) is 0. The first-order valence-electron chi connectivity index (χ1n) is 14.8. The molecule has 3 heterocycles. The van der Waals surface area contributed by atoms with E-state index in [4.69, 9.17) is 4.74 Å². The summed E-state index contributed by atoms with van der Waals surface area (Å²) in [5, 5.41) is 1.69. The molecule has 45 heavy (non-hydrogen) atoms. The molecule has 2 amide bonds. The topological polar surface area (TPSA) is 84.0 Å². The van der Waals surface area contributed by atoms with Crippen LogP contribution in [0, 0.1) is 11.8 Å². The predicted octanol–water partition coefficient (Wildman–Crippen LogP) is 6.07. The second-order valence-corrected chi connectivity index (χ2v) is 11.5. The van der Waals surface area contributed by atoms with Gasteiger partial charge in [0.05, 0.1) is 23.6 Å². The molecule has 3 aliphatic heterocycles. The molecule has 8 rings (SSSR count). The minimum atomic E-state index is -1.05. The van der Waals surface area contributed by atoms with E-state index in [1.807, 2.05) is 83.8 Å². The maximum absolute atomic E-state index is 14.3. The summed E-state index contributed by atoms with van der Waals surface area (Å²) in [5.74, 6) is -3.02. The zero-order chi connectivity index (χ0) is 30.7. The highest BCUT2D eigenvalue weighted by Gasteiger charge is 2.65. The van der Waals surface area contributed by atoms with E-state index in [1.54, 1.807) is 54.6 Å². The minimum absolute atomic E-state index is 0.143. The molecule has 0 aromatic heterocycles. The van der Waals surface area contributed by atoms with E-state index in [1.165, 1.54) is 4.90 Å². The fraction of sp³-hybridized carbons (Fsp3) is 0.105. The van der Waals surface area contributed by atoms with Gasteiger partial charge >= 0.3 is 5.97 Å². The van der Waals surface area contributed by atoms with Gasteiger partial charge in [-0.2, -0.15) is 0 Å². The molecular formula is C38H26N2O5. The van der Waals surface area contributed by atoms with Crippen molar-refractivity contribution in [2.75, 3.05) is 9.80 Å². The average molecular weight is 591 g/mol. The molecule has 0 radical (unpaired) electrons. The average Bonchev–Trinajstić information content (AvgIpc) is 3.57. The van der Waals surface area contributed by atoms with Crippen LogP contribution in [-0.2, 0) is 14.4 Å². The second kappa shape index (κ2) is 10.4. The zero-order valence-electron chi connectivity index (χ0n) is 23.9. The lowest BCUT2D eigenvalue weighted by atomic mass is 9.89. The normalized spacial score (nSPS) is 21.4. The van der Waals surface area contributed by atoms with Crippen molar-refractivity contribution in [3.05, 3.63) is 144 Å². The molecule has 0 bridgehead atoms. The minimum Gasteiger partial charge on any atom is -0.425 e. The monoisotopic (exact) mass is 590 g/mol. The summed E-state index contributed by atoms with van der Waals surface area (Å²) in [6, 6.07) is 34.5. The Kier molecular flexibility index (Phi) is 6.20. The Morgan fingerprint density at radius 1 is 0.622 bits per heavy atom. The van der Waals surface area contributed by atoms with Crippen molar-refractivity contribution in [2.24, 2.45) is 11.8 Å². The second-order valence-electron chi connectivity index (χ2n) is 11.5. The van der Waals surface area contributed by atoms with Crippen molar-refractivity contribution < 1.29 is 23.9 Å². The van der Waals surface area contributed by atoms with E-state index in [0.717, 1.165) is 22.0 Å². The maximum atomic E-state index is 14.3. The van der Waals surface area contributed by atoms with Crippen LogP contribution in [0.2, 0.25) is 0 Å². The number of imide groups is 1. The highest BCUT2D eigenvalue weighted by Crippen LogP contribution is 2.50. The number of ketones is 1. The number of esters is 1. The van der Waals surface area contributed by atoms with Crippen LogP contribution in [0.3, 0.4) is 0 Å². The summed E-state index contributed by atoms with van der Waals surface area (Å²) < 4.78 is 5.91. The summed E-state index contributed by atoms with van der Waals surface area (Å²) in [6.45, 7) is 0. The molecule has 3 aliphatic rings. The fourth-order valence-corrected chi connectivity index (χ4v) is 7.03. The van der Waals surface area contributed by atoms with Crippen LogP contribution in [0.15, 0.2) is 127 Å². The summed E-state index contributed by atoms with van der Waals surface area (Å²) in [4.78, 5) is 58.7. The predicted molar refractivity (Wildman–Crippen MR) is 171 cm³/mol. The molecule has 2 fully saturated rings. The lowest BCUT2D eigenvalue weighted by Crippen LogP contribution is -2.50. The summed E-state index contributed by atoms with van der Waals surface area (Å²) in [5.41, 5.74) is 3.18. The number of fused-ring (bicyclic) bond motifs is 6. The largest absolute Gasteiger partial charge is 0.425 e. The van der Waals surface area contributed by atoms with Gasteiger partial charge in [0.25, 0.3) is 0 Å². The van der Waals surface area contributed by atoms with Crippen LogP contribution < -0.4 is 14.5 Å². The Morgan fingerprint density at radius 2 is 1.27 bits per heavy atom. The van der Waals surface area contributed by atoms with Gasteiger partial charge in [-0.3, -0.25) is 14.4 Å². The van der Waals surface area contributed by atoms with E-state index in [-0.39, 0.29) is 17.4 Å². The Hall–Kier alpha value is -5.82. The van der Waals surface area contributed by atoms with Gasteiger partial charge in [-0.05, 0) is 47.3 Å². The molecule has 0 saturated carbocycles. The molecule has 0 unspecified atom stereocenters. The highest BCUT2D eigenvalue weighted by molar-refractivity contribution is 6.27. The number of hydrogen-bond acceptors (Lipinski definition) is 6. The van der Waals surface area contributed by atoms with Gasteiger partial charge in [0, 0.05) is 22.2 Å². The van der Waals surface area contributed by atoms with Gasteiger partial charge in [0.2, 0.25) is 11.8 Å². The number of hydrogen-bond donors (Lipinski definition) is 0. The smallest absolute Gasteiger partial charge is 0.335 e. The molecule has 0 aliphatic carbocycles. The van der Waals surface area contributed by atoms with E-state index in [0.29, 0.717) is 16.8 Å². The van der Waals surface area contributed by atoms with E-state index in [2.05, 4.69) is 0 Å². The molecule has 7 nitrogen and oxygen atoms in total. The summed E-state index contributed by atoms with van der Waals surface area (Å²) >= 11 is 0. The van der Waals surface area contributed by atoms with Crippen LogP contribution in [0.5, 0.6) is 5.75 Å². The third kappa shape index (κ3) is 4.19. The van der Waals surface area contributed by atoms with E-state index >= 15 is 0 Å². The van der Waals surface area contributed by atoms with Gasteiger partial charge in [0.1, 0.15) is 11.8 Å². The van der Waals surface area contributed by atoms with Crippen molar-refractivity contribution in [3.8, 4) is 5.75 Å². The van der Waals surface area contributed by atoms with Crippen LogP contribution in [0.1, 0.15) is 21.5 Å². The molecule has 5 aromatic carbocycles. The molecule has 7 heteroatoms. The van der Waals surface area contributed by atoms with Crippen LogP contribution in [0.4, 0.5) is 11.4 Å². The van der Waals surface area contributed by atoms with Crippen molar-refractivity contribution in [1.82, 2.24) is 0 Å². The van der Waals surface area contributed by atoms with Crippen LogP contribution in [-0.4, -0.2) is 35.7 Å². The standard InChI is InChI=1S/C38H26N2O5/c41-35(25-11-2-1-3-12-25)26-17-20-27(21-18-26)45-38(44)34-33-32(31-22-19-24-10-5-7-15-29(24)39(31)34)36(42)40(37(33)43)30-16-8-13-23-9-4-6-14-28(23)30/h1-22,31-34H/t31-,32-,33-,34-/m1/s1. The molecule has 218 valence electrons. The lowest BCUT2D eigenvalue weighted by molar-refractivity contribution is -0.139. The van der Waals surface area contributed by atoms with Gasteiger partial charge in [0.15, 0.2) is 5.78 Å². The number of carbonyl (C=O) groups is 4. The Bertz CT molecular complexity index is 2050. The van der Waals surface area contributed by atoms with Crippen molar-refractivity contribution in [3.63, 3.8) is 0 Å². The zero-order valence-corrected chi connectivity index (χ0v) is 23.9. The Balaban J connectivity index is 1.15. The molecule has 0 spiro atoms. The van der Waals surface area contributed by atoms with Gasteiger partial charge in [-0.15, -0.1) is 0 Å². The number of anilines is 2. The van der Waals surface area contributed by atoms with Crippen molar-refractivity contribution in [1.29, 1.82) is 0 Å². The Morgan fingerprint density at radius 3 is 2.09 bits per heavy atom. The fourth-order valence-electron chi connectivity index (χ4n) is 7.03. The van der Waals surface area contributed by atoms with Gasteiger partial charge < -0.3 is 9.64 Å². The molecule has 5 aromatic rings.